The van der Waals surface area contributed by atoms with Gasteiger partial charge in [0.25, 0.3) is 0 Å². The number of carbonyl (C=O) groups is 2. The molecule has 0 saturated carbocycles. The Hall–Kier alpha value is -3.04. The summed E-state index contributed by atoms with van der Waals surface area (Å²) in [5, 5.41) is 9.46. The number of para-hydroxylation sites is 1. The molecule has 0 radical (unpaired) electrons. The average molecular weight is 378 g/mol. The highest BCUT2D eigenvalue weighted by molar-refractivity contribution is 8.05. The van der Waals surface area contributed by atoms with Crippen molar-refractivity contribution in [3.05, 3.63) is 76.8 Å². The molecule has 6 heteroatoms. The molecule has 3 rings (SSSR count). The van der Waals surface area contributed by atoms with Gasteiger partial charge in [-0.15, -0.1) is 0 Å². The third kappa shape index (κ3) is 4.04. The van der Waals surface area contributed by atoms with Crippen LogP contribution in [0.2, 0.25) is 0 Å². The Labute approximate surface area is 162 Å². The molecule has 2 aromatic rings. The number of nitriles is 1. The molecule has 1 amide bonds. The zero-order valence-corrected chi connectivity index (χ0v) is 15.6. The fourth-order valence-corrected chi connectivity index (χ4v) is 4.11. The maximum absolute atomic E-state index is 13.1. The minimum atomic E-state index is -0.711. The van der Waals surface area contributed by atoms with Crippen LogP contribution in [0.25, 0.3) is 0 Å². The first-order chi connectivity index (χ1) is 13.2. The number of anilines is 1. The minimum Gasteiger partial charge on any atom is -0.462 e. The molecule has 0 aromatic heterocycles. The summed E-state index contributed by atoms with van der Waals surface area (Å²) in [6, 6.07) is 20.6. The quantitative estimate of drug-likeness (QED) is 0.451. The van der Waals surface area contributed by atoms with E-state index >= 15 is 0 Å². The smallest absolute Gasteiger partial charge is 0.351 e. The van der Waals surface area contributed by atoms with Gasteiger partial charge in [0, 0.05) is 5.69 Å². The highest BCUT2D eigenvalue weighted by Gasteiger charge is 2.41. The van der Waals surface area contributed by atoms with Crippen LogP contribution >= 0.6 is 11.8 Å². The molecular formula is C21H18N2O3S. The zero-order valence-electron chi connectivity index (χ0n) is 14.8. The van der Waals surface area contributed by atoms with Gasteiger partial charge in [-0.1, -0.05) is 60.3 Å². The number of ether oxygens (including phenoxy) is 1. The van der Waals surface area contributed by atoms with Crippen LogP contribution < -0.4 is 4.90 Å². The molecule has 1 aliphatic heterocycles. The molecule has 5 nitrogen and oxygen atoms in total. The van der Waals surface area contributed by atoms with E-state index in [9.17, 15) is 14.9 Å². The van der Waals surface area contributed by atoms with Gasteiger partial charge in [0.05, 0.1) is 11.9 Å². The summed E-state index contributed by atoms with van der Waals surface area (Å²) in [6.45, 7) is 1.84. The van der Waals surface area contributed by atoms with E-state index in [2.05, 4.69) is 0 Å². The van der Waals surface area contributed by atoms with Crippen LogP contribution in [0.5, 0.6) is 0 Å². The molecule has 1 saturated heterocycles. The number of carbonyl (C=O) groups excluding carboxylic acids is 2. The van der Waals surface area contributed by atoms with Crippen molar-refractivity contribution < 1.29 is 14.3 Å². The molecule has 27 heavy (non-hydrogen) atoms. The van der Waals surface area contributed by atoms with Gasteiger partial charge >= 0.3 is 5.97 Å². The van der Waals surface area contributed by atoms with Crippen molar-refractivity contribution in [1.82, 2.24) is 0 Å². The van der Waals surface area contributed by atoms with Gasteiger partial charge in [-0.3, -0.25) is 9.69 Å². The summed E-state index contributed by atoms with van der Waals surface area (Å²) in [7, 11) is 0. The van der Waals surface area contributed by atoms with Crippen molar-refractivity contribution in [3.63, 3.8) is 0 Å². The molecule has 1 heterocycles. The van der Waals surface area contributed by atoms with Gasteiger partial charge in [-0.2, -0.15) is 5.26 Å². The maximum Gasteiger partial charge on any atom is 0.351 e. The van der Waals surface area contributed by atoms with E-state index < -0.39 is 11.2 Å². The van der Waals surface area contributed by atoms with Crippen molar-refractivity contribution in [2.75, 3.05) is 11.5 Å². The number of amides is 1. The Kier molecular flexibility index (Phi) is 5.94. The van der Waals surface area contributed by atoms with Crippen molar-refractivity contribution in [1.29, 1.82) is 5.26 Å². The van der Waals surface area contributed by atoms with E-state index in [0.717, 1.165) is 5.56 Å². The second-order valence-electron chi connectivity index (χ2n) is 5.82. The Morgan fingerprint density at radius 3 is 2.37 bits per heavy atom. The number of hydrogen-bond acceptors (Lipinski definition) is 5. The lowest BCUT2D eigenvalue weighted by atomic mass is 10.1. The van der Waals surface area contributed by atoms with E-state index in [0.29, 0.717) is 17.1 Å². The number of esters is 1. The van der Waals surface area contributed by atoms with Crippen LogP contribution in [0.15, 0.2) is 71.3 Å². The average Bonchev–Trinajstić information content (AvgIpc) is 3.00. The Morgan fingerprint density at radius 2 is 1.78 bits per heavy atom. The van der Waals surface area contributed by atoms with Gasteiger partial charge in [0.1, 0.15) is 11.1 Å². The van der Waals surface area contributed by atoms with Crippen LogP contribution in [0.3, 0.4) is 0 Å². The van der Waals surface area contributed by atoms with Crippen LogP contribution in [-0.2, 0) is 20.7 Å². The second-order valence-corrected chi connectivity index (χ2v) is 7.01. The molecule has 136 valence electrons. The van der Waals surface area contributed by atoms with Gasteiger partial charge in [-0.25, -0.2) is 4.79 Å². The first-order valence-electron chi connectivity index (χ1n) is 8.56. The molecule has 1 unspecified atom stereocenters. The van der Waals surface area contributed by atoms with Crippen LogP contribution in [0, 0.1) is 11.3 Å². The normalized spacial score (nSPS) is 18.1. The van der Waals surface area contributed by atoms with Gasteiger partial charge in [-0.05, 0) is 31.0 Å². The van der Waals surface area contributed by atoms with E-state index in [1.807, 2.05) is 54.6 Å². The van der Waals surface area contributed by atoms with Gasteiger partial charge in [0.15, 0.2) is 5.57 Å². The molecule has 0 N–H and O–H groups in total. The highest BCUT2D eigenvalue weighted by atomic mass is 32.2. The lowest BCUT2D eigenvalue weighted by Crippen LogP contribution is -2.30. The molecule has 1 aliphatic rings. The second kappa shape index (κ2) is 8.56. The fraction of sp³-hybridized carbons (Fsp3) is 0.190. The number of hydrogen-bond donors (Lipinski definition) is 0. The summed E-state index contributed by atoms with van der Waals surface area (Å²) >= 11 is 1.24. The largest absolute Gasteiger partial charge is 0.462 e. The summed E-state index contributed by atoms with van der Waals surface area (Å²) in [5.41, 5.74) is 1.50. The van der Waals surface area contributed by atoms with Crippen molar-refractivity contribution in [2.24, 2.45) is 0 Å². The Bertz CT molecular complexity index is 904. The monoisotopic (exact) mass is 378 g/mol. The number of benzene rings is 2. The van der Waals surface area contributed by atoms with Crippen molar-refractivity contribution in [3.8, 4) is 6.07 Å². The first kappa shape index (κ1) is 18.7. The predicted octanol–water partition coefficient (Wildman–Crippen LogP) is 3.68. The minimum absolute atomic E-state index is 0.144. The lowest BCUT2D eigenvalue weighted by Gasteiger charge is -2.18. The SMILES string of the molecule is CCOC(=O)/C(C#N)=C1\SC(Cc2ccccc2)C(=O)N1c1ccccc1. The van der Waals surface area contributed by atoms with Crippen molar-refractivity contribution in [2.45, 2.75) is 18.6 Å². The van der Waals surface area contributed by atoms with E-state index in [1.54, 1.807) is 19.1 Å². The first-order valence-corrected chi connectivity index (χ1v) is 9.44. The topological polar surface area (TPSA) is 70.4 Å². The maximum atomic E-state index is 13.1. The fourth-order valence-electron chi connectivity index (χ4n) is 2.82. The number of rotatable bonds is 5. The van der Waals surface area contributed by atoms with Crippen molar-refractivity contribution >= 4 is 29.3 Å². The summed E-state index contributed by atoms with van der Waals surface area (Å²) in [4.78, 5) is 26.8. The summed E-state index contributed by atoms with van der Waals surface area (Å²) in [5.74, 6) is -0.862. The molecule has 1 atom stereocenters. The lowest BCUT2D eigenvalue weighted by molar-refractivity contribution is -0.138. The molecule has 0 aliphatic carbocycles. The molecule has 2 aromatic carbocycles. The van der Waals surface area contributed by atoms with E-state index in [1.165, 1.54) is 16.7 Å². The summed E-state index contributed by atoms with van der Waals surface area (Å²) in [6.07, 6.45) is 0.513. The van der Waals surface area contributed by atoms with Gasteiger partial charge in [0.2, 0.25) is 5.91 Å². The van der Waals surface area contributed by atoms with Crippen LogP contribution in [-0.4, -0.2) is 23.7 Å². The van der Waals surface area contributed by atoms with E-state index in [4.69, 9.17) is 4.74 Å². The molecule has 1 fully saturated rings. The summed E-state index contributed by atoms with van der Waals surface area (Å²) < 4.78 is 5.01. The third-order valence-electron chi connectivity index (χ3n) is 4.04. The number of nitrogens with zero attached hydrogens (tertiary/aromatic N) is 2. The molecule has 0 spiro atoms. The van der Waals surface area contributed by atoms with E-state index in [-0.39, 0.29) is 18.1 Å². The van der Waals surface area contributed by atoms with Crippen LogP contribution in [0.4, 0.5) is 5.69 Å². The standard InChI is InChI=1S/C21H18N2O3S/c1-2-26-21(25)17(14-22)20-23(16-11-7-4-8-12-16)19(24)18(27-20)13-15-9-5-3-6-10-15/h3-12,18H,2,13H2,1H3/b20-17-. The number of thioether (sulfide) groups is 1. The molecule has 0 bridgehead atoms. The van der Waals surface area contributed by atoms with Gasteiger partial charge < -0.3 is 4.74 Å². The Balaban J connectivity index is 2.02. The molecular weight excluding hydrogens is 360 g/mol. The predicted molar refractivity (Wildman–Crippen MR) is 105 cm³/mol. The van der Waals surface area contributed by atoms with Crippen LogP contribution in [0.1, 0.15) is 12.5 Å². The highest BCUT2D eigenvalue weighted by Crippen LogP contribution is 2.41. The zero-order chi connectivity index (χ0) is 19.2. The Morgan fingerprint density at radius 1 is 1.15 bits per heavy atom. The third-order valence-corrected chi connectivity index (χ3v) is 5.30.